The minimum absolute atomic E-state index is 0.177. The Morgan fingerprint density at radius 2 is 2.29 bits per heavy atom. The topological polar surface area (TPSA) is 98.0 Å². The van der Waals surface area contributed by atoms with Crippen LogP contribution in [0.4, 0.5) is 5.69 Å². The predicted molar refractivity (Wildman–Crippen MR) is 72.5 cm³/mol. The second-order valence-corrected chi connectivity index (χ2v) is 4.36. The molecule has 0 unspecified atom stereocenters. The Morgan fingerprint density at radius 1 is 1.65 bits per heavy atom. The SMILES string of the molecule is Cc1c(N/N=C(\C#N)C(=N)N)ccc(Br)c1Cl. The third-order valence-corrected chi connectivity index (χ3v) is 3.36. The van der Waals surface area contributed by atoms with Crippen molar-refractivity contribution in [3.05, 3.63) is 27.2 Å². The minimum atomic E-state index is -0.388. The molecule has 7 heteroatoms. The van der Waals surface area contributed by atoms with Gasteiger partial charge in [-0.25, -0.2) is 0 Å². The van der Waals surface area contributed by atoms with Gasteiger partial charge in [-0.2, -0.15) is 10.4 Å². The Morgan fingerprint density at radius 3 is 2.82 bits per heavy atom. The van der Waals surface area contributed by atoms with E-state index in [2.05, 4.69) is 26.5 Å². The van der Waals surface area contributed by atoms with Crippen LogP contribution in [0.5, 0.6) is 0 Å². The molecular formula is C10H9BrClN5. The first kappa shape index (κ1) is 13.5. The standard InChI is InChI=1S/C10H9BrClN5/c1-5-7(3-2-6(11)9(5)12)16-17-8(4-13)10(14)15/h2-3,16H,1H3,(H3,14,15)/b17-8+. The van der Waals surface area contributed by atoms with Gasteiger partial charge in [-0.3, -0.25) is 10.8 Å². The molecule has 0 aromatic heterocycles. The zero-order valence-corrected chi connectivity index (χ0v) is 11.2. The highest BCUT2D eigenvalue weighted by Crippen LogP contribution is 2.30. The fourth-order valence-corrected chi connectivity index (χ4v) is 1.63. The molecule has 0 atom stereocenters. The maximum atomic E-state index is 8.67. The van der Waals surface area contributed by atoms with Crippen molar-refractivity contribution in [1.82, 2.24) is 0 Å². The van der Waals surface area contributed by atoms with E-state index in [0.29, 0.717) is 10.7 Å². The molecule has 4 N–H and O–H groups in total. The monoisotopic (exact) mass is 313 g/mol. The lowest BCUT2D eigenvalue weighted by atomic mass is 10.2. The molecule has 0 saturated carbocycles. The molecule has 0 spiro atoms. The second-order valence-electron chi connectivity index (χ2n) is 3.13. The van der Waals surface area contributed by atoms with Gasteiger partial charge in [-0.1, -0.05) is 11.6 Å². The van der Waals surface area contributed by atoms with Gasteiger partial charge in [-0.05, 0) is 40.5 Å². The summed E-state index contributed by atoms with van der Waals surface area (Å²) in [5.74, 6) is -0.388. The van der Waals surface area contributed by atoms with Gasteiger partial charge in [0, 0.05) is 4.47 Å². The summed E-state index contributed by atoms with van der Waals surface area (Å²) in [5, 5.41) is 20.1. The third-order valence-electron chi connectivity index (χ3n) is 1.99. The van der Waals surface area contributed by atoms with Crippen LogP contribution in [0.2, 0.25) is 5.02 Å². The number of nitriles is 1. The quantitative estimate of drug-likeness (QED) is 0.454. The Bertz CT molecular complexity index is 532. The lowest BCUT2D eigenvalue weighted by Gasteiger charge is -2.08. The molecule has 17 heavy (non-hydrogen) atoms. The Balaban J connectivity index is 3.02. The highest BCUT2D eigenvalue weighted by molar-refractivity contribution is 9.10. The Hall–Kier alpha value is -1.58. The molecule has 0 aliphatic carbocycles. The molecule has 0 radical (unpaired) electrons. The zero-order chi connectivity index (χ0) is 13.0. The molecule has 0 aliphatic heterocycles. The van der Waals surface area contributed by atoms with E-state index in [-0.39, 0.29) is 11.5 Å². The number of hydrogen-bond donors (Lipinski definition) is 3. The number of rotatable bonds is 3. The van der Waals surface area contributed by atoms with Crippen molar-refractivity contribution in [3.8, 4) is 6.07 Å². The second kappa shape index (κ2) is 5.66. The number of nitrogens with two attached hydrogens (primary N) is 1. The third kappa shape index (κ3) is 3.19. The lowest BCUT2D eigenvalue weighted by Crippen LogP contribution is -2.21. The maximum Gasteiger partial charge on any atom is 0.201 e. The van der Waals surface area contributed by atoms with Crippen molar-refractivity contribution in [2.45, 2.75) is 6.92 Å². The number of hydrogen-bond acceptors (Lipinski definition) is 4. The molecule has 1 aromatic rings. The van der Waals surface area contributed by atoms with Crippen LogP contribution in [-0.2, 0) is 0 Å². The number of anilines is 1. The van der Waals surface area contributed by atoms with Gasteiger partial charge < -0.3 is 5.73 Å². The zero-order valence-electron chi connectivity index (χ0n) is 8.88. The number of halogens is 2. The summed E-state index contributed by atoms with van der Waals surface area (Å²) in [4.78, 5) is 0. The molecule has 0 aliphatic rings. The summed E-state index contributed by atoms with van der Waals surface area (Å²) in [7, 11) is 0. The van der Waals surface area contributed by atoms with Crippen LogP contribution in [0, 0.1) is 23.7 Å². The van der Waals surface area contributed by atoms with Crippen LogP contribution in [0.3, 0.4) is 0 Å². The number of nitrogens with one attached hydrogen (secondary N) is 2. The fourth-order valence-electron chi connectivity index (χ4n) is 1.03. The van der Waals surface area contributed by atoms with Crippen molar-refractivity contribution in [2.24, 2.45) is 10.8 Å². The number of nitrogens with zero attached hydrogens (tertiary/aromatic N) is 2. The molecule has 0 fully saturated rings. The first-order chi connectivity index (χ1) is 7.97. The summed E-state index contributed by atoms with van der Waals surface area (Å²) in [5.41, 5.74) is 9.06. The van der Waals surface area contributed by atoms with Gasteiger partial charge in [-0.15, -0.1) is 0 Å². The van der Waals surface area contributed by atoms with Crippen LogP contribution in [-0.4, -0.2) is 11.5 Å². The first-order valence-corrected chi connectivity index (χ1v) is 5.67. The van der Waals surface area contributed by atoms with Crippen LogP contribution in [0.25, 0.3) is 0 Å². The van der Waals surface area contributed by atoms with Crippen LogP contribution in [0.1, 0.15) is 5.56 Å². The van der Waals surface area contributed by atoms with Crippen molar-refractivity contribution in [1.29, 1.82) is 10.7 Å². The van der Waals surface area contributed by atoms with E-state index in [1.807, 2.05) is 6.92 Å². The van der Waals surface area contributed by atoms with Gasteiger partial charge >= 0.3 is 0 Å². The van der Waals surface area contributed by atoms with Gasteiger partial charge in [0.2, 0.25) is 5.71 Å². The number of hydrazone groups is 1. The van der Waals surface area contributed by atoms with Crippen LogP contribution in [0.15, 0.2) is 21.7 Å². The lowest BCUT2D eigenvalue weighted by molar-refractivity contribution is 1.29. The van der Waals surface area contributed by atoms with E-state index in [1.165, 1.54) is 0 Å². The Labute approximate surface area is 112 Å². The van der Waals surface area contributed by atoms with Crippen LogP contribution >= 0.6 is 27.5 Å². The van der Waals surface area contributed by atoms with Gasteiger partial charge in [0.05, 0.1) is 10.7 Å². The summed E-state index contributed by atoms with van der Waals surface area (Å²) in [6.45, 7) is 1.81. The summed E-state index contributed by atoms with van der Waals surface area (Å²) >= 11 is 9.32. The highest BCUT2D eigenvalue weighted by atomic mass is 79.9. The van der Waals surface area contributed by atoms with Gasteiger partial charge in [0.25, 0.3) is 0 Å². The smallest absolute Gasteiger partial charge is 0.201 e. The number of amidine groups is 1. The first-order valence-electron chi connectivity index (χ1n) is 4.50. The molecule has 88 valence electrons. The van der Waals surface area contributed by atoms with E-state index in [1.54, 1.807) is 18.2 Å². The van der Waals surface area contributed by atoms with E-state index in [0.717, 1.165) is 10.0 Å². The van der Waals surface area contributed by atoms with Gasteiger partial charge in [0.15, 0.2) is 5.84 Å². The van der Waals surface area contributed by atoms with Crippen LogP contribution < -0.4 is 11.2 Å². The molecular weight excluding hydrogens is 306 g/mol. The molecule has 0 saturated heterocycles. The van der Waals surface area contributed by atoms with Crippen molar-refractivity contribution in [2.75, 3.05) is 5.43 Å². The van der Waals surface area contributed by atoms with Crippen molar-refractivity contribution < 1.29 is 0 Å². The fraction of sp³-hybridized carbons (Fsp3) is 0.100. The average molecular weight is 315 g/mol. The van der Waals surface area contributed by atoms with Crippen molar-refractivity contribution in [3.63, 3.8) is 0 Å². The average Bonchev–Trinajstić information content (AvgIpc) is 2.29. The molecule has 0 bridgehead atoms. The van der Waals surface area contributed by atoms with E-state index in [9.17, 15) is 0 Å². The minimum Gasteiger partial charge on any atom is -0.382 e. The summed E-state index contributed by atoms with van der Waals surface area (Å²) < 4.78 is 0.776. The predicted octanol–water partition coefficient (Wildman–Crippen LogP) is 2.64. The molecule has 5 nitrogen and oxygen atoms in total. The van der Waals surface area contributed by atoms with E-state index in [4.69, 9.17) is 28.0 Å². The molecule has 0 amide bonds. The highest BCUT2D eigenvalue weighted by Gasteiger charge is 2.06. The van der Waals surface area contributed by atoms with Gasteiger partial charge in [0.1, 0.15) is 6.07 Å². The normalized spacial score (nSPS) is 10.8. The largest absolute Gasteiger partial charge is 0.382 e. The molecule has 1 rings (SSSR count). The molecule has 1 aromatic carbocycles. The van der Waals surface area contributed by atoms with Crippen molar-refractivity contribution >= 4 is 44.8 Å². The summed E-state index contributed by atoms with van der Waals surface area (Å²) in [6, 6.07) is 5.22. The number of benzene rings is 1. The molecule has 0 heterocycles. The van der Waals surface area contributed by atoms with E-state index < -0.39 is 0 Å². The van der Waals surface area contributed by atoms with E-state index >= 15 is 0 Å². The Kier molecular flexibility index (Phi) is 4.49. The maximum absolute atomic E-state index is 8.67. The summed E-state index contributed by atoms with van der Waals surface area (Å²) in [6.07, 6.45) is 0.